The Labute approximate surface area is 299 Å². The number of ether oxygens (including phenoxy) is 1. The third kappa shape index (κ3) is 6.78. The van der Waals surface area contributed by atoms with Gasteiger partial charge in [0.2, 0.25) is 0 Å². The Morgan fingerprint density at radius 1 is 1.15 bits per heavy atom. The molecule has 3 fully saturated rings. The number of likely N-dealkylation sites (tertiary alicyclic amines) is 2. The number of anilines is 1. The molecule has 7 rings (SSSR count). The number of nitrogens with one attached hydrogen (secondary N) is 1. The van der Waals surface area contributed by atoms with Gasteiger partial charge in [-0.2, -0.15) is 23.5 Å². The molecule has 1 atom stereocenters. The SMILES string of the molecule is C=Cc1cc2c(N3CCC4(CC3)CN(C(=O)C(C)F)C4)nc(C3CCN(CCC#N)CC3)nc2c(OCC(F)(F)F)c1-c1c(C)ccc2[nH]ncc12. The highest BCUT2D eigenvalue weighted by Crippen LogP contribution is 2.48. The lowest BCUT2D eigenvalue weighted by molar-refractivity contribution is -0.153. The fourth-order valence-electron chi connectivity index (χ4n) is 8.16. The van der Waals surface area contributed by atoms with E-state index in [1.54, 1.807) is 17.2 Å². The first-order chi connectivity index (χ1) is 24.9. The predicted octanol–water partition coefficient (Wildman–Crippen LogP) is 6.95. The number of amides is 1. The summed E-state index contributed by atoms with van der Waals surface area (Å²) in [4.78, 5) is 28.5. The summed E-state index contributed by atoms with van der Waals surface area (Å²) in [5.41, 5.74) is 3.45. The van der Waals surface area contributed by atoms with E-state index in [0.29, 0.717) is 78.4 Å². The van der Waals surface area contributed by atoms with Gasteiger partial charge in [0.1, 0.15) is 17.2 Å². The molecule has 1 N–H and O–H groups in total. The second kappa shape index (κ2) is 14.0. The fourth-order valence-corrected chi connectivity index (χ4v) is 8.16. The van der Waals surface area contributed by atoms with Gasteiger partial charge in [0.05, 0.1) is 17.8 Å². The van der Waals surface area contributed by atoms with E-state index in [4.69, 9.17) is 20.0 Å². The van der Waals surface area contributed by atoms with E-state index in [-0.39, 0.29) is 17.1 Å². The van der Waals surface area contributed by atoms with Gasteiger partial charge >= 0.3 is 6.18 Å². The lowest BCUT2D eigenvalue weighted by atomic mass is 9.72. The van der Waals surface area contributed by atoms with Gasteiger partial charge in [-0.05, 0) is 81.4 Å². The zero-order valence-corrected chi connectivity index (χ0v) is 29.4. The standard InChI is InChI=1S/C38H42F4N8O2/c1-4-25-18-27-32(33(52-22-38(40,41)42)31(25)30-23(2)6-7-29-28(30)19-44-47-29)45-34(26-8-14-48(15-9-26)13-5-12-43)46-35(27)49-16-10-37(11-17-49)20-50(21-37)36(51)24(3)39/h4,6-7,18-19,24,26H,1,5,8-11,13-17,20-22H2,2-3H3,(H,44,47). The van der Waals surface area contributed by atoms with Gasteiger partial charge in [-0.15, -0.1) is 0 Å². The molecule has 0 radical (unpaired) electrons. The zero-order chi connectivity index (χ0) is 36.8. The van der Waals surface area contributed by atoms with Crippen molar-refractivity contribution in [2.75, 3.05) is 57.3 Å². The van der Waals surface area contributed by atoms with E-state index in [1.165, 1.54) is 6.92 Å². The molecule has 52 heavy (non-hydrogen) atoms. The largest absolute Gasteiger partial charge is 0.481 e. The number of alkyl halides is 4. The van der Waals surface area contributed by atoms with Crippen LogP contribution in [0.1, 0.15) is 61.9 Å². The Bertz CT molecular complexity index is 2030. The van der Waals surface area contributed by atoms with Crippen LogP contribution in [0.25, 0.3) is 39.0 Å². The first kappa shape index (κ1) is 35.6. The van der Waals surface area contributed by atoms with Crippen molar-refractivity contribution in [1.29, 1.82) is 5.26 Å². The average Bonchev–Trinajstić information content (AvgIpc) is 3.60. The molecule has 1 spiro atoms. The molecule has 2 aromatic carbocycles. The summed E-state index contributed by atoms with van der Waals surface area (Å²) in [5, 5.41) is 17.6. The van der Waals surface area contributed by atoms with Gasteiger partial charge in [-0.3, -0.25) is 9.89 Å². The van der Waals surface area contributed by atoms with Crippen LogP contribution in [-0.4, -0.2) is 101 Å². The number of rotatable bonds is 9. The molecule has 0 saturated carbocycles. The minimum atomic E-state index is -4.61. The molecule has 3 aliphatic heterocycles. The van der Waals surface area contributed by atoms with Crippen molar-refractivity contribution in [3.8, 4) is 22.9 Å². The first-order valence-corrected chi connectivity index (χ1v) is 17.8. The van der Waals surface area contributed by atoms with Gasteiger partial charge in [0.25, 0.3) is 5.91 Å². The van der Waals surface area contributed by atoms with Crippen LogP contribution >= 0.6 is 0 Å². The van der Waals surface area contributed by atoms with Crippen molar-refractivity contribution in [3.63, 3.8) is 0 Å². The van der Waals surface area contributed by atoms with Crippen molar-refractivity contribution >= 4 is 39.6 Å². The van der Waals surface area contributed by atoms with Crippen LogP contribution < -0.4 is 9.64 Å². The lowest BCUT2D eigenvalue weighted by Crippen LogP contribution is -2.63. The average molecular weight is 719 g/mol. The number of benzene rings is 2. The van der Waals surface area contributed by atoms with Crippen molar-refractivity contribution in [3.05, 3.63) is 47.9 Å². The zero-order valence-electron chi connectivity index (χ0n) is 29.4. The minimum Gasteiger partial charge on any atom is -0.481 e. The maximum Gasteiger partial charge on any atom is 0.422 e. The third-order valence-corrected chi connectivity index (χ3v) is 11.0. The van der Waals surface area contributed by atoms with Crippen molar-refractivity contribution in [1.82, 2.24) is 30.0 Å². The number of aryl methyl sites for hydroxylation is 1. The molecule has 5 heterocycles. The quantitative estimate of drug-likeness (QED) is 0.185. The van der Waals surface area contributed by atoms with E-state index in [2.05, 4.69) is 32.6 Å². The fraction of sp³-hybridized carbons (Fsp3) is 0.500. The Hall–Kier alpha value is -4.77. The van der Waals surface area contributed by atoms with Gasteiger partial charge in [0.15, 0.2) is 18.5 Å². The summed E-state index contributed by atoms with van der Waals surface area (Å²) in [6.45, 7) is 10.1. The molecule has 3 aliphatic rings. The smallest absolute Gasteiger partial charge is 0.422 e. The number of fused-ring (bicyclic) bond motifs is 2. The Kier molecular flexibility index (Phi) is 9.58. The van der Waals surface area contributed by atoms with Crippen LogP contribution in [0.15, 0.2) is 31.0 Å². The number of hydrogen-bond donors (Lipinski definition) is 1. The maximum absolute atomic E-state index is 14.0. The Morgan fingerprint density at radius 3 is 2.54 bits per heavy atom. The van der Waals surface area contributed by atoms with Crippen molar-refractivity contribution < 1.29 is 27.1 Å². The summed E-state index contributed by atoms with van der Waals surface area (Å²) < 4.78 is 61.5. The molecule has 4 aromatic rings. The second-order valence-electron chi connectivity index (χ2n) is 14.5. The summed E-state index contributed by atoms with van der Waals surface area (Å²) in [6, 6.07) is 7.88. The molecule has 10 nitrogen and oxygen atoms in total. The minimum absolute atomic E-state index is 0.0138. The molecule has 1 amide bonds. The van der Waals surface area contributed by atoms with Gasteiger partial charge in [-0.1, -0.05) is 18.7 Å². The predicted molar refractivity (Wildman–Crippen MR) is 191 cm³/mol. The number of aromatic nitrogens is 4. The number of nitrogens with zero attached hydrogens (tertiary/aromatic N) is 7. The molecular formula is C38H42F4N8O2. The van der Waals surface area contributed by atoms with Crippen LogP contribution in [0.5, 0.6) is 5.75 Å². The third-order valence-electron chi connectivity index (χ3n) is 11.0. The van der Waals surface area contributed by atoms with E-state index in [9.17, 15) is 22.4 Å². The van der Waals surface area contributed by atoms with Gasteiger partial charge in [0, 0.05) is 66.8 Å². The van der Waals surface area contributed by atoms with Gasteiger partial charge < -0.3 is 19.4 Å². The summed E-state index contributed by atoms with van der Waals surface area (Å²) in [5.74, 6) is 0.644. The molecule has 0 aliphatic carbocycles. The number of carbonyl (C=O) groups is 1. The highest BCUT2D eigenvalue weighted by atomic mass is 19.4. The van der Waals surface area contributed by atoms with Crippen molar-refractivity contribution in [2.45, 2.75) is 64.2 Å². The van der Waals surface area contributed by atoms with E-state index < -0.39 is 24.9 Å². The Balaban J connectivity index is 1.36. The normalized spacial score (nSPS) is 18.8. The summed E-state index contributed by atoms with van der Waals surface area (Å²) in [7, 11) is 0. The highest BCUT2D eigenvalue weighted by molar-refractivity contribution is 6.07. The van der Waals surface area contributed by atoms with Crippen LogP contribution in [0.4, 0.5) is 23.4 Å². The number of nitriles is 1. The maximum atomic E-state index is 14.0. The molecule has 3 saturated heterocycles. The van der Waals surface area contributed by atoms with Crippen LogP contribution in [0.2, 0.25) is 0 Å². The van der Waals surface area contributed by atoms with Crippen LogP contribution in [-0.2, 0) is 4.79 Å². The van der Waals surface area contributed by atoms with Crippen LogP contribution in [0, 0.1) is 23.7 Å². The first-order valence-electron chi connectivity index (χ1n) is 17.8. The monoisotopic (exact) mass is 718 g/mol. The number of piperidine rings is 2. The summed E-state index contributed by atoms with van der Waals surface area (Å²) in [6.07, 6.45) is 0.545. The number of carbonyl (C=O) groups excluding carboxylic acids is 1. The molecule has 274 valence electrons. The van der Waals surface area contributed by atoms with Gasteiger partial charge in [-0.25, -0.2) is 14.4 Å². The van der Waals surface area contributed by atoms with E-state index in [1.807, 2.05) is 25.1 Å². The molecule has 2 aromatic heterocycles. The van der Waals surface area contributed by atoms with Crippen molar-refractivity contribution in [2.24, 2.45) is 5.41 Å². The molecule has 0 bridgehead atoms. The number of hydrogen-bond acceptors (Lipinski definition) is 8. The second-order valence-corrected chi connectivity index (χ2v) is 14.5. The van der Waals surface area contributed by atoms with Crippen LogP contribution in [0.3, 0.4) is 0 Å². The number of H-pyrrole nitrogens is 1. The lowest BCUT2D eigenvalue weighted by Gasteiger charge is -2.54. The molecule has 1 unspecified atom stereocenters. The molecular weight excluding hydrogens is 676 g/mol. The number of halogens is 4. The number of aromatic amines is 1. The van der Waals surface area contributed by atoms with E-state index in [0.717, 1.165) is 55.2 Å². The highest BCUT2D eigenvalue weighted by Gasteiger charge is 2.48. The summed E-state index contributed by atoms with van der Waals surface area (Å²) >= 11 is 0. The van der Waals surface area contributed by atoms with E-state index >= 15 is 0 Å². The topological polar surface area (TPSA) is 114 Å². The Morgan fingerprint density at radius 2 is 1.88 bits per heavy atom. The molecule has 14 heteroatoms.